The highest BCUT2D eigenvalue weighted by atomic mass is 32.2. The molecule has 0 atom stereocenters. The molecule has 1 aromatic rings. The fourth-order valence-electron chi connectivity index (χ4n) is 5.62. The van der Waals surface area contributed by atoms with E-state index in [0.717, 1.165) is 37.4 Å². The second-order valence-corrected chi connectivity index (χ2v) is 10.6. The molecule has 1 saturated heterocycles. The Labute approximate surface area is 190 Å². The van der Waals surface area contributed by atoms with E-state index >= 15 is 0 Å². The number of hydrogen-bond donors (Lipinski definition) is 0. The van der Waals surface area contributed by atoms with Gasteiger partial charge in [-0.2, -0.15) is 0 Å². The summed E-state index contributed by atoms with van der Waals surface area (Å²) in [4.78, 5) is 18.2. The highest BCUT2D eigenvalue weighted by Gasteiger charge is 2.35. The third-order valence-electron chi connectivity index (χ3n) is 7.40. The predicted octanol–water partition coefficient (Wildman–Crippen LogP) is 4.04. The first kappa shape index (κ1) is 21.6. The molecule has 2 heterocycles. The van der Waals surface area contributed by atoms with E-state index in [-0.39, 0.29) is 0 Å². The van der Waals surface area contributed by atoms with E-state index in [0.29, 0.717) is 29.8 Å². The first-order valence-electron chi connectivity index (χ1n) is 12.5. The zero-order valence-electron chi connectivity index (χ0n) is 18.7. The van der Waals surface area contributed by atoms with Crippen LogP contribution >= 0.6 is 11.8 Å². The number of aromatic nitrogens is 3. The van der Waals surface area contributed by atoms with Gasteiger partial charge in [-0.05, 0) is 38.5 Å². The molecular formula is C23H37N5O2S. The normalized spacial score (nSPS) is 23.8. The Morgan fingerprint density at radius 3 is 2.10 bits per heavy atom. The summed E-state index contributed by atoms with van der Waals surface area (Å²) in [5, 5.41) is 9.99. The van der Waals surface area contributed by atoms with Crippen molar-refractivity contribution in [1.82, 2.24) is 19.7 Å². The van der Waals surface area contributed by atoms with Crippen LogP contribution in [0.5, 0.6) is 0 Å². The van der Waals surface area contributed by atoms with Crippen LogP contribution in [0.4, 0.5) is 5.95 Å². The van der Waals surface area contributed by atoms with Gasteiger partial charge in [0.1, 0.15) is 0 Å². The van der Waals surface area contributed by atoms with Crippen molar-refractivity contribution in [2.24, 2.45) is 0 Å². The number of carbonyl (C=O) groups is 1. The number of rotatable bonds is 7. The van der Waals surface area contributed by atoms with Gasteiger partial charge < -0.3 is 14.5 Å². The van der Waals surface area contributed by atoms with E-state index in [9.17, 15) is 4.79 Å². The van der Waals surface area contributed by atoms with Crippen molar-refractivity contribution in [2.75, 3.05) is 37.0 Å². The van der Waals surface area contributed by atoms with Crippen molar-refractivity contribution in [1.29, 1.82) is 0 Å². The van der Waals surface area contributed by atoms with Crippen molar-refractivity contribution in [3.8, 4) is 0 Å². The van der Waals surface area contributed by atoms with Crippen LogP contribution in [0.1, 0.15) is 83.1 Å². The van der Waals surface area contributed by atoms with E-state index < -0.39 is 0 Å². The summed E-state index contributed by atoms with van der Waals surface area (Å²) < 4.78 is 7.81. The molecule has 3 aliphatic carbocycles. The van der Waals surface area contributed by atoms with Crippen LogP contribution in [0.2, 0.25) is 0 Å². The molecule has 0 N–H and O–H groups in total. The Balaban J connectivity index is 1.28. The van der Waals surface area contributed by atoms with Crippen LogP contribution in [0.25, 0.3) is 0 Å². The molecule has 0 radical (unpaired) electrons. The molecule has 8 heteroatoms. The van der Waals surface area contributed by atoms with Gasteiger partial charge in [0, 0.05) is 31.2 Å². The van der Waals surface area contributed by atoms with Crippen LogP contribution in [-0.4, -0.2) is 69.7 Å². The van der Waals surface area contributed by atoms with E-state index in [1.54, 1.807) is 11.8 Å². The monoisotopic (exact) mass is 447 g/mol. The summed E-state index contributed by atoms with van der Waals surface area (Å²) in [6, 6.07) is 1.41. The third kappa shape index (κ3) is 5.05. The maximum Gasteiger partial charge on any atom is 0.233 e. The topological polar surface area (TPSA) is 63.5 Å². The zero-order valence-corrected chi connectivity index (χ0v) is 19.5. The second kappa shape index (κ2) is 10.1. The van der Waals surface area contributed by atoms with Gasteiger partial charge in [-0.25, -0.2) is 0 Å². The van der Waals surface area contributed by atoms with Crippen molar-refractivity contribution in [3.63, 3.8) is 0 Å². The SMILES string of the molecule is O=C(CSc1nnc(N2CCOCC2)n1C1CC1)N(C1CCCCC1)C1CCCCC1. The van der Waals surface area contributed by atoms with E-state index in [4.69, 9.17) is 4.74 Å². The average molecular weight is 448 g/mol. The number of morpholine rings is 1. The maximum absolute atomic E-state index is 13.5. The molecule has 4 aliphatic rings. The van der Waals surface area contributed by atoms with Crippen LogP contribution in [-0.2, 0) is 9.53 Å². The molecule has 1 amide bonds. The largest absolute Gasteiger partial charge is 0.378 e. The summed E-state index contributed by atoms with van der Waals surface area (Å²) in [6.45, 7) is 3.23. The molecule has 0 aromatic carbocycles. The number of ether oxygens (including phenoxy) is 1. The average Bonchev–Trinajstić information content (AvgIpc) is 3.58. The van der Waals surface area contributed by atoms with Crippen LogP contribution < -0.4 is 4.90 Å². The van der Waals surface area contributed by atoms with Gasteiger partial charge in [-0.15, -0.1) is 10.2 Å². The van der Waals surface area contributed by atoms with Crippen molar-refractivity contribution in [2.45, 2.75) is 100 Å². The minimum Gasteiger partial charge on any atom is -0.378 e. The first-order chi connectivity index (χ1) is 15.3. The number of thioether (sulfide) groups is 1. The van der Waals surface area contributed by atoms with Crippen LogP contribution in [0.3, 0.4) is 0 Å². The lowest BCUT2D eigenvalue weighted by Gasteiger charge is -2.41. The Morgan fingerprint density at radius 1 is 0.903 bits per heavy atom. The lowest BCUT2D eigenvalue weighted by atomic mass is 9.88. The third-order valence-corrected chi connectivity index (χ3v) is 8.33. The highest BCUT2D eigenvalue weighted by Crippen LogP contribution is 2.41. The van der Waals surface area contributed by atoms with E-state index in [2.05, 4.69) is 24.6 Å². The van der Waals surface area contributed by atoms with Gasteiger partial charge in [-0.3, -0.25) is 9.36 Å². The minimum absolute atomic E-state index is 0.321. The van der Waals surface area contributed by atoms with E-state index in [1.165, 1.54) is 77.0 Å². The summed E-state index contributed by atoms with van der Waals surface area (Å²) in [5.41, 5.74) is 0. The maximum atomic E-state index is 13.5. The molecular weight excluding hydrogens is 410 g/mol. The molecule has 172 valence electrons. The minimum atomic E-state index is 0.321. The van der Waals surface area contributed by atoms with Gasteiger partial charge in [-0.1, -0.05) is 50.3 Å². The van der Waals surface area contributed by atoms with Gasteiger partial charge in [0.25, 0.3) is 0 Å². The van der Waals surface area contributed by atoms with Crippen molar-refractivity contribution >= 4 is 23.6 Å². The van der Waals surface area contributed by atoms with E-state index in [1.807, 2.05) is 0 Å². The molecule has 1 aromatic heterocycles. The van der Waals surface area contributed by atoms with Crippen molar-refractivity contribution in [3.05, 3.63) is 0 Å². The molecule has 1 aliphatic heterocycles. The Morgan fingerprint density at radius 2 is 1.52 bits per heavy atom. The summed E-state index contributed by atoms with van der Waals surface area (Å²) >= 11 is 1.60. The number of anilines is 1. The first-order valence-corrected chi connectivity index (χ1v) is 13.5. The number of amides is 1. The molecule has 0 spiro atoms. The Kier molecular flexibility index (Phi) is 7.03. The predicted molar refractivity (Wildman–Crippen MR) is 123 cm³/mol. The number of carbonyl (C=O) groups excluding carboxylic acids is 1. The van der Waals surface area contributed by atoms with Gasteiger partial charge in [0.15, 0.2) is 5.16 Å². The molecule has 0 bridgehead atoms. The number of nitrogens with zero attached hydrogens (tertiary/aromatic N) is 5. The van der Waals surface area contributed by atoms with Crippen molar-refractivity contribution < 1.29 is 9.53 Å². The molecule has 31 heavy (non-hydrogen) atoms. The fraction of sp³-hybridized carbons (Fsp3) is 0.870. The standard InChI is InChI=1S/C23H37N5O2S/c29-21(27(18-7-3-1-4-8-18)19-9-5-2-6-10-19)17-31-23-25-24-22(28(23)20-11-12-20)26-13-15-30-16-14-26/h18-20H,1-17H2. The van der Waals surface area contributed by atoms with Crippen LogP contribution in [0, 0.1) is 0 Å². The molecule has 5 rings (SSSR count). The van der Waals surface area contributed by atoms with Gasteiger partial charge in [0.2, 0.25) is 11.9 Å². The smallest absolute Gasteiger partial charge is 0.233 e. The lowest BCUT2D eigenvalue weighted by Crippen LogP contribution is -2.49. The Bertz CT molecular complexity index is 716. The highest BCUT2D eigenvalue weighted by molar-refractivity contribution is 7.99. The molecule has 7 nitrogen and oxygen atoms in total. The number of hydrogen-bond acceptors (Lipinski definition) is 6. The van der Waals surface area contributed by atoms with Gasteiger partial charge >= 0.3 is 0 Å². The lowest BCUT2D eigenvalue weighted by molar-refractivity contribution is -0.135. The molecule has 3 saturated carbocycles. The summed E-state index contributed by atoms with van der Waals surface area (Å²) in [6.07, 6.45) is 14.9. The molecule has 0 unspecified atom stereocenters. The summed E-state index contributed by atoms with van der Waals surface area (Å²) in [5.74, 6) is 1.78. The second-order valence-electron chi connectivity index (χ2n) is 9.66. The zero-order chi connectivity index (χ0) is 21.0. The fourth-order valence-corrected chi connectivity index (χ4v) is 6.49. The quantitative estimate of drug-likeness (QED) is 0.588. The molecule has 4 fully saturated rings. The van der Waals surface area contributed by atoms with Gasteiger partial charge in [0.05, 0.1) is 19.0 Å². The summed E-state index contributed by atoms with van der Waals surface area (Å²) in [7, 11) is 0. The Hall–Kier alpha value is -1.28. The van der Waals surface area contributed by atoms with Crippen LogP contribution in [0.15, 0.2) is 5.16 Å².